The van der Waals surface area contributed by atoms with Crippen LogP contribution in [0.25, 0.3) is 0 Å². The fourth-order valence-electron chi connectivity index (χ4n) is 1.66. The fourth-order valence-corrected chi connectivity index (χ4v) is 1.66. The molecule has 0 saturated heterocycles. The molecule has 2 rings (SSSR count). The molecule has 2 aromatic rings. The van der Waals surface area contributed by atoms with Crippen molar-refractivity contribution in [3.8, 4) is 0 Å². The van der Waals surface area contributed by atoms with Crippen LogP contribution in [0.4, 0.5) is 13.2 Å². The van der Waals surface area contributed by atoms with Crippen LogP contribution in [0.2, 0.25) is 0 Å². The highest BCUT2D eigenvalue weighted by atomic mass is 19.4. The Morgan fingerprint density at radius 2 is 1.38 bits per heavy atom. The van der Waals surface area contributed by atoms with E-state index in [1.807, 2.05) is 48.5 Å². The largest absolute Gasteiger partial charge is 0.490 e. The average Bonchev–Trinajstić information content (AvgIpc) is 2.56. The van der Waals surface area contributed by atoms with Crippen LogP contribution >= 0.6 is 0 Å². The summed E-state index contributed by atoms with van der Waals surface area (Å²) in [5.74, 6) is -2.77. The predicted molar refractivity (Wildman–Crippen MR) is 82.6 cm³/mol. The number of amides is 1. The minimum absolute atomic E-state index is 0.0125. The van der Waals surface area contributed by atoms with Crippen molar-refractivity contribution in [1.82, 2.24) is 5.32 Å². The lowest BCUT2D eigenvalue weighted by Gasteiger charge is -2.05. The van der Waals surface area contributed by atoms with Crippen LogP contribution in [0.15, 0.2) is 60.7 Å². The molecule has 0 unspecified atom stereocenters. The van der Waals surface area contributed by atoms with Gasteiger partial charge in [0.1, 0.15) is 0 Å². The van der Waals surface area contributed by atoms with E-state index in [1.165, 1.54) is 5.56 Å². The van der Waals surface area contributed by atoms with Gasteiger partial charge in [-0.3, -0.25) is 4.79 Å². The zero-order valence-electron chi connectivity index (χ0n) is 12.6. The number of hydrogen-bond acceptors (Lipinski definition) is 2. The van der Waals surface area contributed by atoms with Crippen molar-refractivity contribution >= 4 is 11.9 Å². The molecule has 0 saturated carbocycles. The van der Waals surface area contributed by atoms with Crippen LogP contribution in [0.1, 0.15) is 15.9 Å². The van der Waals surface area contributed by atoms with Gasteiger partial charge in [-0.15, -0.1) is 0 Å². The van der Waals surface area contributed by atoms with Gasteiger partial charge in [-0.25, -0.2) is 4.79 Å². The number of alkyl halides is 3. The maximum absolute atomic E-state index is 11.7. The molecule has 0 aliphatic carbocycles. The molecule has 0 heterocycles. The van der Waals surface area contributed by atoms with Crippen molar-refractivity contribution in [2.45, 2.75) is 12.6 Å². The summed E-state index contributed by atoms with van der Waals surface area (Å²) in [6, 6.07) is 19.4. The lowest BCUT2D eigenvalue weighted by Crippen LogP contribution is -2.25. The summed E-state index contributed by atoms with van der Waals surface area (Å²) in [7, 11) is 0. The number of hydrogen-bond donors (Lipinski definition) is 2. The van der Waals surface area contributed by atoms with Gasteiger partial charge < -0.3 is 10.4 Å². The topological polar surface area (TPSA) is 66.4 Å². The second-order valence-electron chi connectivity index (χ2n) is 4.66. The Morgan fingerprint density at radius 3 is 1.83 bits per heavy atom. The first-order valence-electron chi connectivity index (χ1n) is 6.98. The van der Waals surface area contributed by atoms with Crippen molar-refractivity contribution in [3.63, 3.8) is 0 Å². The van der Waals surface area contributed by atoms with Crippen LogP contribution < -0.4 is 5.32 Å². The maximum atomic E-state index is 11.7. The first kappa shape index (κ1) is 19.2. The monoisotopic (exact) mass is 339 g/mol. The van der Waals surface area contributed by atoms with E-state index in [4.69, 9.17) is 9.90 Å². The molecule has 0 radical (unpaired) electrons. The highest BCUT2D eigenvalue weighted by molar-refractivity contribution is 5.94. The molecular formula is C17H16F3NO3. The Kier molecular flexibility index (Phi) is 7.48. The SMILES string of the molecule is O=C(NCCc1ccccc1)c1ccccc1.O=C(O)C(F)(F)F. The van der Waals surface area contributed by atoms with Crippen molar-refractivity contribution in [3.05, 3.63) is 71.8 Å². The fraction of sp³-hybridized carbons (Fsp3) is 0.176. The third kappa shape index (κ3) is 7.44. The van der Waals surface area contributed by atoms with Gasteiger partial charge in [-0.1, -0.05) is 48.5 Å². The lowest BCUT2D eigenvalue weighted by atomic mass is 10.1. The zero-order valence-corrected chi connectivity index (χ0v) is 12.6. The number of carbonyl (C=O) groups is 2. The molecule has 24 heavy (non-hydrogen) atoms. The number of rotatable bonds is 4. The summed E-state index contributed by atoms with van der Waals surface area (Å²) in [6.45, 7) is 0.664. The average molecular weight is 339 g/mol. The Bertz CT molecular complexity index is 643. The van der Waals surface area contributed by atoms with Gasteiger partial charge in [0.25, 0.3) is 5.91 Å². The number of carboxylic acids is 1. The highest BCUT2D eigenvalue weighted by Crippen LogP contribution is 2.13. The summed E-state index contributed by atoms with van der Waals surface area (Å²) in [6.07, 6.45) is -4.22. The van der Waals surface area contributed by atoms with Crippen LogP contribution in [0.5, 0.6) is 0 Å². The molecular weight excluding hydrogens is 323 g/mol. The number of aliphatic carboxylic acids is 1. The van der Waals surface area contributed by atoms with Gasteiger partial charge in [0.15, 0.2) is 0 Å². The Labute approximate surface area is 136 Å². The number of carboxylic acid groups (broad SMARTS) is 1. The Morgan fingerprint density at radius 1 is 0.917 bits per heavy atom. The smallest absolute Gasteiger partial charge is 0.475 e. The van der Waals surface area contributed by atoms with Crippen LogP contribution in [0.3, 0.4) is 0 Å². The molecule has 0 fully saturated rings. The first-order valence-corrected chi connectivity index (χ1v) is 6.98. The van der Waals surface area contributed by atoms with E-state index in [2.05, 4.69) is 17.4 Å². The molecule has 4 nitrogen and oxygen atoms in total. The van der Waals surface area contributed by atoms with Crippen molar-refractivity contribution in [2.24, 2.45) is 0 Å². The minimum Gasteiger partial charge on any atom is -0.475 e. The van der Waals surface area contributed by atoms with Gasteiger partial charge in [-0.05, 0) is 24.1 Å². The van der Waals surface area contributed by atoms with Crippen LogP contribution in [-0.2, 0) is 11.2 Å². The first-order chi connectivity index (χ1) is 11.3. The number of carbonyl (C=O) groups excluding carboxylic acids is 1. The molecule has 0 spiro atoms. The molecule has 0 aliphatic heterocycles. The summed E-state index contributed by atoms with van der Waals surface area (Å²) in [4.78, 5) is 20.6. The molecule has 2 N–H and O–H groups in total. The van der Waals surface area contributed by atoms with Gasteiger partial charge >= 0.3 is 12.1 Å². The molecule has 0 bridgehead atoms. The quantitative estimate of drug-likeness (QED) is 0.898. The predicted octanol–water partition coefficient (Wildman–Crippen LogP) is 3.29. The zero-order chi connectivity index (χ0) is 18.0. The molecule has 0 aromatic heterocycles. The summed E-state index contributed by atoms with van der Waals surface area (Å²) >= 11 is 0. The van der Waals surface area contributed by atoms with E-state index in [0.717, 1.165) is 6.42 Å². The van der Waals surface area contributed by atoms with Gasteiger partial charge in [0.2, 0.25) is 0 Å². The number of halogens is 3. The lowest BCUT2D eigenvalue weighted by molar-refractivity contribution is -0.192. The van der Waals surface area contributed by atoms with E-state index in [-0.39, 0.29) is 5.91 Å². The molecule has 128 valence electrons. The molecule has 7 heteroatoms. The van der Waals surface area contributed by atoms with Crippen molar-refractivity contribution in [2.75, 3.05) is 6.54 Å². The van der Waals surface area contributed by atoms with E-state index in [9.17, 15) is 18.0 Å². The second kappa shape index (κ2) is 9.34. The third-order valence-corrected chi connectivity index (χ3v) is 2.82. The van der Waals surface area contributed by atoms with Crippen LogP contribution in [0, 0.1) is 0 Å². The van der Waals surface area contributed by atoms with E-state index in [0.29, 0.717) is 12.1 Å². The Balaban J connectivity index is 0.000000351. The maximum Gasteiger partial charge on any atom is 0.490 e. The van der Waals surface area contributed by atoms with E-state index in [1.54, 1.807) is 0 Å². The summed E-state index contributed by atoms with van der Waals surface area (Å²) in [5, 5.41) is 10.0. The highest BCUT2D eigenvalue weighted by Gasteiger charge is 2.38. The second-order valence-corrected chi connectivity index (χ2v) is 4.66. The molecule has 2 aromatic carbocycles. The standard InChI is InChI=1S/C15H15NO.C2HF3O2/c17-15(14-9-5-2-6-10-14)16-12-11-13-7-3-1-4-8-13;3-2(4,5)1(6)7/h1-10H,11-12H2,(H,16,17);(H,6,7). The summed E-state index contributed by atoms with van der Waals surface area (Å²) < 4.78 is 31.7. The summed E-state index contributed by atoms with van der Waals surface area (Å²) in [5.41, 5.74) is 1.95. The van der Waals surface area contributed by atoms with Gasteiger partial charge in [0, 0.05) is 12.1 Å². The number of nitrogens with one attached hydrogen (secondary N) is 1. The van der Waals surface area contributed by atoms with E-state index < -0.39 is 12.1 Å². The van der Waals surface area contributed by atoms with Gasteiger partial charge in [0.05, 0.1) is 0 Å². The van der Waals surface area contributed by atoms with Gasteiger partial charge in [-0.2, -0.15) is 13.2 Å². The van der Waals surface area contributed by atoms with Crippen molar-refractivity contribution < 1.29 is 27.9 Å². The van der Waals surface area contributed by atoms with Crippen LogP contribution in [-0.4, -0.2) is 29.7 Å². The van der Waals surface area contributed by atoms with Crippen molar-refractivity contribution in [1.29, 1.82) is 0 Å². The molecule has 0 atom stereocenters. The number of benzene rings is 2. The van der Waals surface area contributed by atoms with E-state index >= 15 is 0 Å². The molecule has 1 amide bonds. The minimum atomic E-state index is -5.08. The Hall–Kier alpha value is -2.83. The normalized spacial score (nSPS) is 10.3. The third-order valence-electron chi connectivity index (χ3n) is 2.82. The molecule has 0 aliphatic rings.